The Morgan fingerprint density at radius 3 is 2.42 bits per heavy atom. The molecule has 3 rings (SSSR count). The highest BCUT2D eigenvalue weighted by atomic mass is 79.9. The van der Waals surface area contributed by atoms with Crippen LogP contribution < -0.4 is 19.1 Å². The number of methoxy groups -OCH3 is 2. The Kier molecular flexibility index (Phi) is 9.85. The zero-order chi connectivity index (χ0) is 21.3. The van der Waals surface area contributed by atoms with Crippen molar-refractivity contribution in [3.8, 4) is 17.2 Å². The number of nitrogens with zero attached hydrogens (tertiary/aromatic N) is 2. The van der Waals surface area contributed by atoms with E-state index in [4.69, 9.17) is 19.2 Å². The zero-order valence-electron chi connectivity index (χ0n) is 18.4. The predicted octanol–water partition coefficient (Wildman–Crippen LogP) is 5.34. The van der Waals surface area contributed by atoms with Gasteiger partial charge in [0.1, 0.15) is 11.6 Å². The molecule has 1 aliphatic rings. The Morgan fingerprint density at radius 2 is 1.74 bits per heavy atom. The average Bonchev–Trinajstić information content (AvgIpc) is 3.07. The minimum atomic E-state index is -0.00298. The van der Waals surface area contributed by atoms with Crippen LogP contribution in [0, 0.1) is 0 Å². The van der Waals surface area contributed by atoms with E-state index in [0.717, 1.165) is 49.5 Å². The van der Waals surface area contributed by atoms with E-state index in [-0.39, 0.29) is 29.3 Å². The molecule has 1 heterocycles. The first kappa shape index (κ1) is 24.7. The molecule has 0 N–H and O–H groups in total. The second-order valence-electron chi connectivity index (χ2n) is 7.11. The van der Waals surface area contributed by atoms with Crippen LogP contribution in [0.2, 0.25) is 0 Å². The second-order valence-corrected chi connectivity index (χ2v) is 7.11. The van der Waals surface area contributed by atoms with E-state index >= 15 is 0 Å². The maximum Gasteiger partial charge on any atom is 0.182 e. The van der Waals surface area contributed by atoms with E-state index in [0.29, 0.717) is 23.7 Å². The van der Waals surface area contributed by atoms with Gasteiger partial charge in [0, 0.05) is 24.2 Å². The van der Waals surface area contributed by atoms with E-state index in [1.165, 1.54) is 0 Å². The first-order valence-electron chi connectivity index (χ1n) is 10.4. The van der Waals surface area contributed by atoms with Crippen molar-refractivity contribution in [2.75, 3.05) is 38.8 Å². The topological polar surface area (TPSA) is 60.4 Å². The maximum absolute atomic E-state index is 13.2. The Hall–Kier alpha value is -2.54. The number of hydrogen-bond acceptors (Lipinski definition) is 6. The minimum absolute atomic E-state index is 0. The van der Waals surface area contributed by atoms with Crippen LogP contribution in [0.5, 0.6) is 17.2 Å². The highest BCUT2D eigenvalue weighted by Gasteiger charge is 2.20. The number of Topliss-reactive ketones (excluding diaryl/α,β-unsaturated/α-hetero) is 1. The van der Waals surface area contributed by atoms with Crippen LogP contribution >= 0.6 is 17.0 Å². The minimum Gasteiger partial charge on any atom is -0.494 e. The summed E-state index contributed by atoms with van der Waals surface area (Å²) in [5.74, 6) is 2.92. The van der Waals surface area contributed by atoms with Crippen molar-refractivity contribution >= 4 is 34.3 Å². The van der Waals surface area contributed by atoms with Crippen LogP contribution in [0.15, 0.2) is 47.5 Å². The fraction of sp³-hybridized carbons (Fsp3) is 0.417. The molecule has 0 fully saturated rings. The summed E-state index contributed by atoms with van der Waals surface area (Å²) in [6, 6.07) is 13.1. The van der Waals surface area contributed by atoms with Gasteiger partial charge in [-0.2, -0.15) is 0 Å². The normalized spacial score (nSPS) is 13.3. The summed E-state index contributed by atoms with van der Waals surface area (Å²) < 4.78 is 16.2. The third-order valence-corrected chi connectivity index (χ3v) is 5.13. The lowest BCUT2D eigenvalue weighted by molar-refractivity contribution is 0.100. The predicted molar refractivity (Wildman–Crippen MR) is 130 cm³/mol. The monoisotopic (exact) mass is 490 g/mol. The molecule has 0 aromatic heterocycles. The Labute approximate surface area is 195 Å². The van der Waals surface area contributed by atoms with Gasteiger partial charge in [0.25, 0.3) is 0 Å². The van der Waals surface area contributed by atoms with Crippen molar-refractivity contribution in [3.05, 3.63) is 48.0 Å². The van der Waals surface area contributed by atoms with Crippen molar-refractivity contribution in [1.82, 2.24) is 0 Å². The average molecular weight is 491 g/mol. The number of anilines is 1. The van der Waals surface area contributed by atoms with Gasteiger partial charge >= 0.3 is 0 Å². The number of halogens is 1. The standard InChI is InChI=1S/C24H30N2O4.BrH/c1-4-30-20-12-10-19(11-13-20)26(24-8-6-5-7-15-25-24)17-21(27)18-9-14-22(28-2)23(16-18)29-3;/h9-14,16H,4-8,15,17H2,1-3H3;1H. The molecule has 0 aliphatic carbocycles. The molecule has 31 heavy (non-hydrogen) atoms. The molecule has 0 saturated heterocycles. The number of ether oxygens (including phenoxy) is 3. The van der Waals surface area contributed by atoms with Crippen LogP contribution in [0.4, 0.5) is 5.69 Å². The van der Waals surface area contributed by atoms with E-state index < -0.39 is 0 Å². The van der Waals surface area contributed by atoms with Gasteiger partial charge in [-0.15, -0.1) is 17.0 Å². The molecule has 0 radical (unpaired) electrons. The number of benzene rings is 2. The van der Waals surface area contributed by atoms with Gasteiger partial charge in [-0.05, 0) is 62.2 Å². The first-order valence-corrected chi connectivity index (χ1v) is 10.4. The molecule has 0 spiro atoms. The molecule has 168 valence electrons. The molecular formula is C24H31BrN2O4. The van der Waals surface area contributed by atoms with Crippen molar-refractivity contribution in [2.24, 2.45) is 4.99 Å². The molecule has 2 aromatic carbocycles. The molecule has 0 saturated carbocycles. The summed E-state index contributed by atoms with van der Waals surface area (Å²) in [4.78, 5) is 20.0. The number of ketones is 1. The van der Waals surface area contributed by atoms with Gasteiger partial charge in [0.05, 0.1) is 27.4 Å². The molecule has 1 aliphatic heterocycles. The van der Waals surface area contributed by atoms with Crippen LogP contribution in [-0.4, -0.2) is 45.5 Å². The highest BCUT2D eigenvalue weighted by molar-refractivity contribution is 8.93. The summed E-state index contributed by atoms with van der Waals surface area (Å²) in [7, 11) is 3.15. The van der Waals surface area contributed by atoms with Crippen molar-refractivity contribution in [3.63, 3.8) is 0 Å². The molecular weight excluding hydrogens is 460 g/mol. The number of rotatable bonds is 8. The summed E-state index contributed by atoms with van der Waals surface area (Å²) in [5, 5.41) is 0. The maximum atomic E-state index is 13.2. The molecule has 0 unspecified atom stereocenters. The number of aliphatic imine (C=N–C) groups is 1. The summed E-state index contributed by atoms with van der Waals surface area (Å²) in [6.45, 7) is 3.59. The lowest BCUT2D eigenvalue weighted by atomic mass is 10.1. The fourth-order valence-electron chi connectivity index (χ4n) is 3.54. The number of carbonyl (C=O) groups excluding carboxylic acids is 1. The largest absolute Gasteiger partial charge is 0.494 e. The van der Waals surface area contributed by atoms with Crippen LogP contribution in [0.3, 0.4) is 0 Å². The highest BCUT2D eigenvalue weighted by Crippen LogP contribution is 2.28. The molecule has 0 amide bonds. The zero-order valence-corrected chi connectivity index (χ0v) is 20.1. The number of hydrogen-bond donors (Lipinski definition) is 0. The Balaban J connectivity index is 0.00000341. The van der Waals surface area contributed by atoms with Gasteiger partial charge < -0.3 is 19.1 Å². The van der Waals surface area contributed by atoms with Crippen LogP contribution in [0.1, 0.15) is 43.0 Å². The first-order chi connectivity index (χ1) is 14.7. The van der Waals surface area contributed by atoms with E-state index in [9.17, 15) is 4.79 Å². The van der Waals surface area contributed by atoms with Crippen LogP contribution in [0.25, 0.3) is 0 Å². The van der Waals surface area contributed by atoms with Crippen LogP contribution in [-0.2, 0) is 0 Å². The molecule has 6 nitrogen and oxygen atoms in total. The van der Waals surface area contributed by atoms with Gasteiger partial charge in [-0.3, -0.25) is 9.79 Å². The third kappa shape index (κ3) is 6.47. The lowest BCUT2D eigenvalue weighted by Gasteiger charge is -2.26. The second kappa shape index (κ2) is 12.3. The Morgan fingerprint density at radius 1 is 1.00 bits per heavy atom. The molecule has 7 heteroatoms. The molecule has 0 atom stereocenters. The summed E-state index contributed by atoms with van der Waals surface area (Å²) in [6.07, 6.45) is 4.20. The van der Waals surface area contributed by atoms with E-state index in [1.807, 2.05) is 36.1 Å². The van der Waals surface area contributed by atoms with Gasteiger partial charge in [0.15, 0.2) is 17.3 Å². The molecule has 0 bridgehead atoms. The summed E-state index contributed by atoms with van der Waals surface area (Å²) in [5.41, 5.74) is 1.52. The smallest absolute Gasteiger partial charge is 0.182 e. The number of amidine groups is 1. The van der Waals surface area contributed by atoms with Gasteiger partial charge in [-0.1, -0.05) is 6.42 Å². The van der Waals surface area contributed by atoms with E-state index in [2.05, 4.69) is 0 Å². The van der Waals surface area contributed by atoms with Crippen molar-refractivity contribution in [2.45, 2.75) is 32.6 Å². The van der Waals surface area contributed by atoms with Crippen molar-refractivity contribution in [1.29, 1.82) is 0 Å². The van der Waals surface area contributed by atoms with Crippen molar-refractivity contribution < 1.29 is 19.0 Å². The van der Waals surface area contributed by atoms with Gasteiger partial charge in [-0.25, -0.2) is 0 Å². The van der Waals surface area contributed by atoms with E-state index in [1.54, 1.807) is 32.4 Å². The fourth-order valence-corrected chi connectivity index (χ4v) is 3.54. The van der Waals surface area contributed by atoms with Gasteiger partial charge in [0.2, 0.25) is 0 Å². The quantitative estimate of drug-likeness (QED) is 0.467. The third-order valence-electron chi connectivity index (χ3n) is 5.13. The summed E-state index contributed by atoms with van der Waals surface area (Å²) >= 11 is 0. The SMILES string of the molecule is Br.CCOc1ccc(N(CC(=O)c2ccc(OC)c(OC)c2)C2=NCCCCC2)cc1. The lowest BCUT2D eigenvalue weighted by Crippen LogP contribution is -2.36. The Bertz CT molecular complexity index is 884. The number of carbonyl (C=O) groups is 1. The molecule has 2 aromatic rings.